The van der Waals surface area contributed by atoms with Gasteiger partial charge in [0.1, 0.15) is 0 Å². The second kappa shape index (κ2) is 23.5. The Hall–Kier alpha value is 1.58. The fraction of sp³-hybridized carbons (Fsp3) is 0. The normalized spacial score (nSPS) is 1.50. The van der Waals surface area contributed by atoms with Crippen LogP contribution in [0.4, 0.5) is 0 Å². The summed E-state index contributed by atoms with van der Waals surface area (Å²) in [5, 5.41) is 0. The molecule has 26 valence electrons. The van der Waals surface area contributed by atoms with Crippen molar-refractivity contribution in [3.63, 3.8) is 0 Å². The molecule has 4 heteroatoms. The van der Waals surface area contributed by atoms with E-state index in [2.05, 4.69) is 15.4 Å². The number of rotatable bonds is 0. The predicted molar refractivity (Wildman–Crippen MR) is 9.05 cm³/mol. The first kappa shape index (κ1) is 17.6. The summed E-state index contributed by atoms with van der Waals surface area (Å²) in [7, 11) is 0. The van der Waals surface area contributed by atoms with Crippen LogP contribution in [0, 0.1) is 0 Å². The fourth-order valence-corrected chi connectivity index (χ4v) is 0. The van der Waals surface area contributed by atoms with E-state index in [1.54, 1.807) is 0 Å². The van der Waals surface area contributed by atoms with Gasteiger partial charge in [0.05, 0.1) is 0 Å². The van der Waals surface area contributed by atoms with Crippen molar-refractivity contribution < 1.29 is 50.3 Å². The first-order valence-corrected chi connectivity index (χ1v) is 0.532. The van der Waals surface area contributed by atoms with Crippen molar-refractivity contribution in [1.29, 1.82) is 0 Å². The molecule has 0 bridgehead atoms. The van der Waals surface area contributed by atoms with Crippen LogP contribution < -0.4 is 29.6 Å². The van der Waals surface area contributed by atoms with Gasteiger partial charge in [0, 0.05) is 0 Å². The molecule has 0 N–H and O–H groups in total. The van der Waals surface area contributed by atoms with Crippen molar-refractivity contribution >= 4 is 12.4 Å². The van der Waals surface area contributed by atoms with Gasteiger partial charge < -0.3 is 1.43 Å². The fourth-order valence-electron chi connectivity index (χ4n) is 0. The zero-order chi connectivity index (χ0) is 2.00. The molecule has 0 fully saturated rings. The number of hydrogen-bond acceptors (Lipinski definition) is 1. The Bertz CT molecular complexity index is 11.6. The molecule has 4 heavy (non-hydrogen) atoms. The van der Waals surface area contributed by atoms with Crippen molar-refractivity contribution in [2.75, 3.05) is 0 Å². The van der Waals surface area contributed by atoms with Crippen molar-refractivity contribution in [3.8, 4) is 0 Å². The second-order valence-electron chi connectivity index (χ2n) is 0. The van der Waals surface area contributed by atoms with E-state index >= 15 is 0 Å². The molecular formula is H2ClNaNiO. The van der Waals surface area contributed by atoms with E-state index in [1.807, 2.05) is 0 Å². The van der Waals surface area contributed by atoms with Crippen molar-refractivity contribution in [2.24, 2.45) is 0 Å². The van der Waals surface area contributed by atoms with E-state index in [0.717, 1.165) is 0 Å². The molecule has 0 amide bonds. The van der Waals surface area contributed by atoms with E-state index in [1.165, 1.54) is 0 Å². The molecule has 0 aromatic rings. The Morgan fingerprint density at radius 2 is 1.50 bits per heavy atom. The van der Waals surface area contributed by atoms with Gasteiger partial charge in [-0.3, -0.25) is 0 Å². The summed E-state index contributed by atoms with van der Waals surface area (Å²) in [6.07, 6.45) is 0. The Balaban J connectivity index is -0.00000000167. The maximum absolute atomic E-state index is 7.88. The summed E-state index contributed by atoms with van der Waals surface area (Å²) in [6, 6.07) is 0. The van der Waals surface area contributed by atoms with Gasteiger partial charge in [-0.25, -0.2) is 0 Å². The van der Waals surface area contributed by atoms with Crippen molar-refractivity contribution in [1.82, 2.24) is 0 Å². The third-order valence-corrected chi connectivity index (χ3v) is 0. The van der Waals surface area contributed by atoms with Crippen molar-refractivity contribution in [3.05, 3.63) is 0 Å². The Labute approximate surface area is 62.3 Å². The number of hydrogen-bond donors (Lipinski definition) is 0. The molecule has 0 spiro atoms. The first-order valence-electron chi connectivity index (χ1n) is 0.129. The van der Waals surface area contributed by atoms with Gasteiger partial charge in [-0.2, -0.15) is 0 Å². The monoisotopic (exact) mass is 134 g/mol. The van der Waals surface area contributed by atoms with Gasteiger partial charge in [-0.15, -0.1) is 12.4 Å². The molecule has 0 aliphatic carbocycles. The molecule has 0 aliphatic heterocycles. The standard InChI is InChI=1S/ClH.Na.Ni.O.H/h1H;;;;/q;+1;;;-1. The van der Waals surface area contributed by atoms with Gasteiger partial charge >= 0.3 is 48.8 Å². The summed E-state index contributed by atoms with van der Waals surface area (Å²) < 4.78 is 7.88. The zero-order valence-corrected chi connectivity index (χ0v) is 5.94. The molecule has 0 aromatic carbocycles. The molecular weight excluding hydrogens is 133 g/mol. The second-order valence-corrected chi connectivity index (χ2v) is 0. The van der Waals surface area contributed by atoms with Gasteiger partial charge in [0.2, 0.25) is 0 Å². The molecule has 0 aromatic heterocycles. The first-order chi connectivity index (χ1) is 1.00. The topological polar surface area (TPSA) is 17.1 Å². The molecule has 0 saturated carbocycles. The minimum atomic E-state index is 0. The average molecular weight is 135 g/mol. The van der Waals surface area contributed by atoms with E-state index in [-0.39, 0.29) is 43.4 Å². The molecule has 0 rings (SSSR count). The summed E-state index contributed by atoms with van der Waals surface area (Å²) in [6.45, 7) is 0. The van der Waals surface area contributed by atoms with Gasteiger partial charge in [-0.1, -0.05) is 0 Å². The van der Waals surface area contributed by atoms with Gasteiger partial charge in [0.25, 0.3) is 0 Å². The van der Waals surface area contributed by atoms with Crippen LogP contribution in [0.3, 0.4) is 0 Å². The van der Waals surface area contributed by atoms with E-state index in [4.69, 9.17) is 3.90 Å². The van der Waals surface area contributed by atoms with Crippen LogP contribution in [-0.2, 0) is 19.3 Å². The van der Waals surface area contributed by atoms with Crippen LogP contribution >= 0.6 is 12.4 Å². The van der Waals surface area contributed by atoms with Crippen LogP contribution in [0.2, 0.25) is 0 Å². The third-order valence-electron chi connectivity index (χ3n) is 0. The Morgan fingerprint density at radius 1 is 1.50 bits per heavy atom. The maximum atomic E-state index is 7.88. The molecule has 0 aliphatic rings. The molecule has 0 radical (unpaired) electrons. The van der Waals surface area contributed by atoms with Crippen LogP contribution in [0.15, 0.2) is 0 Å². The SMILES string of the molecule is Cl.[H-].[Na+].[O]=[Ni]. The molecule has 0 saturated heterocycles. The summed E-state index contributed by atoms with van der Waals surface area (Å²) in [5.41, 5.74) is 0. The van der Waals surface area contributed by atoms with Crippen LogP contribution in [0.5, 0.6) is 0 Å². The van der Waals surface area contributed by atoms with Gasteiger partial charge in [-0.05, 0) is 0 Å². The molecule has 0 heterocycles. The van der Waals surface area contributed by atoms with Crippen LogP contribution in [0.25, 0.3) is 0 Å². The number of halogens is 1. The summed E-state index contributed by atoms with van der Waals surface area (Å²) in [5.74, 6) is 0. The molecule has 0 atom stereocenters. The summed E-state index contributed by atoms with van der Waals surface area (Å²) >= 11 is 2.62. The summed E-state index contributed by atoms with van der Waals surface area (Å²) in [4.78, 5) is 0. The van der Waals surface area contributed by atoms with Crippen molar-refractivity contribution in [2.45, 2.75) is 0 Å². The Morgan fingerprint density at radius 3 is 1.50 bits per heavy atom. The third kappa shape index (κ3) is 9.54. The van der Waals surface area contributed by atoms with Crippen LogP contribution in [0.1, 0.15) is 1.43 Å². The van der Waals surface area contributed by atoms with E-state index < -0.39 is 0 Å². The van der Waals surface area contributed by atoms with E-state index in [9.17, 15) is 0 Å². The van der Waals surface area contributed by atoms with Crippen LogP contribution in [-0.4, -0.2) is 0 Å². The average Bonchev–Trinajstić information content (AvgIpc) is 1.00. The van der Waals surface area contributed by atoms with Gasteiger partial charge in [0.15, 0.2) is 0 Å². The minimum absolute atomic E-state index is 0. The molecule has 1 nitrogen and oxygen atoms in total. The van der Waals surface area contributed by atoms with E-state index in [0.29, 0.717) is 0 Å². The quantitative estimate of drug-likeness (QED) is 0.333. The Kier molecular flexibility index (Phi) is 103. The predicted octanol–water partition coefficient (Wildman–Crippen LogP) is -2.58. The molecule has 0 unspecified atom stereocenters. The zero-order valence-electron chi connectivity index (χ0n) is 3.13.